The van der Waals surface area contributed by atoms with Gasteiger partial charge in [0.25, 0.3) is 0 Å². The van der Waals surface area contributed by atoms with Crippen molar-refractivity contribution in [1.82, 2.24) is 0 Å². The van der Waals surface area contributed by atoms with Gasteiger partial charge in [0.05, 0.1) is 19.0 Å². The molecule has 2 saturated heterocycles. The highest BCUT2D eigenvalue weighted by atomic mass is 32.2. The van der Waals surface area contributed by atoms with Crippen molar-refractivity contribution < 1.29 is 16.8 Å². The van der Waals surface area contributed by atoms with Crippen LogP contribution in [0, 0.1) is 0 Å². The van der Waals surface area contributed by atoms with E-state index in [1.54, 1.807) is 55.4 Å². The van der Waals surface area contributed by atoms with Gasteiger partial charge in [-0.25, -0.2) is 16.8 Å². The molecule has 4 nitrogen and oxygen atoms in total. The van der Waals surface area contributed by atoms with E-state index in [4.69, 9.17) is 0 Å². The van der Waals surface area contributed by atoms with E-state index in [9.17, 15) is 16.8 Å². The van der Waals surface area contributed by atoms with Crippen LogP contribution in [0.4, 0.5) is 0 Å². The Hall–Kier alpha value is -0.360. The molecule has 0 bridgehead atoms. The summed E-state index contributed by atoms with van der Waals surface area (Å²) < 4.78 is 45.8. The van der Waals surface area contributed by atoms with Crippen molar-refractivity contribution in [3.63, 3.8) is 0 Å². The van der Waals surface area contributed by atoms with Crippen LogP contribution in [0.2, 0.25) is 0 Å². The zero-order valence-electron chi connectivity index (χ0n) is 13.4. The molecular formula is C14H24O4S2. The first kappa shape index (κ1) is 16.0. The van der Waals surface area contributed by atoms with Gasteiger partial charge in [-0.3, -0.25) is 0 Å². The van der Waals surface area contributed by atoms with Gasteiger partial charge in [0.15, 0.2) is 19.7 Å². The predicted molar refractivity (Wildman–Crippen MR) is 81.2 cm³/mol. The molecule has 2 heterocycles. The third-order valence-corrected chi connectivity index (χ3v) is 11.5. The van der Waals surface area contributed by atoms with E-state index in [2.05, 4.69) is 0 Å². The Balaban J connectivity index is 2.87. The molecule has 0 saturated carbocycles. The van der Waals surface area contributed by atoms with E-state index >= 15 is 0 Å². The molecule has 0 radical (unpaired) electrons. The molecule has 2 aliphatic heterocycles. The summed E-state index contributed by atoms with van der Waals surface area (Å²) in [6.45, 7) is 13.4. The van der Waals surface area contributed by atoms with Crippen LogP contribution in [-0.4, -0.2) is 35.8 Å². The Bertz CT molecular complexity index is 618. The van der Waals surface area contributed by atoms with Crippen molar-refractivity contribution in [2.45, 2.75) is 74.4 Å². The van der Waals surface area contributed by atoms with E-state index in [-0.39, 0.29) is 0 Å². The minimum Gasteiger partial charge on any atom is -0.227 e. The van der Waals surface area contributed by atoms with Gasteiger partial charge in [-0.05, 0) is 66.5 Å². The molecule has 0 aromatic rings. The Morgan fingerprint density at radius 3 is 0.800 bits per heavy atom. The molecule has 116 valence electrons. The average Bonchev–Trinajstić information content (AvgIpc) is 2.22. The van der Waals surface area contributed by atoms with Crippen molar-refractivity contribution in [1.29, 1.82) is 0 Å². The fourth-order valence-electron chi connectivity index (χ4n) is 4.37. The fourth-order valence-corrected chi connectivity index (χ4v) is 9.12. The molecule has 0 aliphatic carbocycles. The first-order valence-corrected chi connectivity index (χ1v) is 9.70. The monoisotopic (exact) mass is 320 g/mol. The van der Waals surface area contributed by atoms with Gasteiger partial charge < -0.3 is 0 Å². The van der Waals surface area contributed by atoms with Crippen molar-refractivity contribution in [2.24, 2.45) is 0 Å². The summed E-state index contributed by atoms with van der Waals surface area (Å²) in [6.07, 6.45) is 0. The smallest absolute Gasteiger partial charge is 0.168 e. The molecule has 20 heavy (non-hydrogen) atoms. The first-order chi connectivity index (χ1) is 8.49. The van der Waals surface area contributed by atoms with E-state index in [0.717, 1.165) is 11.1 Å². The van der Waals surface area contributed by atoms with Gasteiger partial charge in [-0.2, -0.15) is 0 Å². The maximum absolute atomic E-state index is 12.4. The fraction of sp³-hybridized carbons (Fsp3) is 0.857. The summed E-state index contributed by atoms with van der Waals surface area (Å²) in [6, 6.07) is 0. The molecule has 0 aromatic carbocycles. The van der Waals surface area contributed by atoms with Crippen molar-refractivity contribution in [3.8, 4) is 0 Å². The molecule has 6 heteroatoms. The van der Waals surface area contributed by atoms with Crippen LogP contribution in [0.1, 0.15) is 55.4 Å². The quantitative estimate of drug-likeness (QED) is 0.642. The third-order valence-electron chi connectivity index (χ3n) is 5.35. The van der Waals surface area contributed by atoms with Crippen LogP contribution in [0.25, 0.3) is 0 Å². The zero-order chi connectivity index (χ0) is 16.2. The highest BCUT2D eigenvalue weighted by Crippen LogP contribution is 2.63. The molecular weight excluding hydrogens is 296 g/mol. The standard InChI is InChI=1S/C14H24O4S2/c1-11(2)9(12(3,4)19(11,15)16)10-13(5,6)20(17,18)14(10,7)8/h1-8H3. The summed E-state index contributed by atoms with van der Waals surface area (Å²) in [5.74, 6) is 0. The van der Waals surface area contributed by atoms with E-state index in [1.807, 2.05) is 0 Å². The summed E-state index contributed by atoms with van der Waals surface area (Å²) in [7, 11) is -6.60. The van der Waals surface area contributed by atoms with E-state index in [0.29, 0.717) is 0 Å². The Kier molecular flexibility index (Phi) is 2.68. The lowest BCUT2D eigenvalue weighted by atomic mass is 9.75. The third kappa shape index (κ3) is 1.21. The van der Waals surface area contributed by atoms with Gasteiger partial charge in [0.2, 0.25) is 0 Å². The summed E-state index contributed by atoms with van der Waals surface area (Å²) in [5.41, 5.74) is 1.55. The van der Waals surface area contributed by atoms with Gasteiger partial charge in [0.1, 0.15) is 0 Å². The second-order valence-corrected chi connectivity index (χ2v) is 13.9. The van der Waals surface area contributed by atoms with Crippen LogP contribution in [0.15, 0.2) is 11.1 Å². The Labute approximate surface area is 122 Å². The lowest BCUT2D eigenvalue weighted by Gasteiger charge is -2.60. The second-order valence-electron chi connectivity index (χ2n) is 7.80. The van der Waals surface area contributed by atoms with Gasteiger partial charge in [-0.15, -0.1) is 0 Å². The lowest BCUT2D eigenvalue weighted by Crippen LogP contribution is -2.71. The molecule has 2 fully saturated rings. The van der Waals surface area contributed by atoms with Crippen LogP contribution >= 0.6 is 0 Å². The minimum absolute atomic E-state index is 0.773. The van der Waals surface area contributed by atoms with E-state index < -0.39 is 38.7 Å². The summed E-state index contributed by atoms with van der Waals surface area (Å²) >= 11 is 0. The normalized spacial score (nSPS) is 34.0. The number of sulfone groups is 2. The number of hydrogen-bond donors (Lipinski definition) is 0. The predicted octanol–water partition coefficient (Wildman–Crippen LogP) is 2.25. The molecule has 2 aliphatic rings. The SMILES string of the molecule is CC1(C)C(=C2C(C)(C)S(=O)(=O)C2(C)C)C(C)(C)S1(=O)=O. The van der Waals surface area contributed by atoms with Crippen molar-refractivity contribution in [2.75, 3.05) is 0 Å². The maximum atomic E-state index is 12.4. The summed E-state index contributed by atoms with van der Waals surface area (Å²) in [5, 5.41) is 0. The van der Waals surface area contributed by atoms with Gasteiger partial charge >= 0.3 is 0 Å². The highest BCUT2D eigenvalue weighted by molar-refractivity contribution is 7.97. The molecule has 0 N–H and O–H groups in total. The van der Waals surface area contributed by atoms with Gasteiger partial charge in [0, 0.05) is 0 Å². The second kappa shape index (κ2) is 3.35. The molecule has 0 atom stereocenters. The van der Waals surface area contributed by atoms with Crippen LogP contribution in [0.3, 0.4) is 0 Å². The topological polar surface area (TPSA) is 68.3 Å². The van der Waals surface area contributed by atoms with Crippen molar-refractivity contribution >= 4 is 19.7 Å². The van der Waals surface area contributed by atoms with Crippen molar-refractivity contribution in [3.05, 3.63) is 11.1 Å². The lowest BCUT2D eigenvalue weighted by molar-refractivity contribution is 0.431. The molecule has 0 unspecified atom stereocenters. The number of hydrogen-bond acceptors (Lipinski definition) is 4. The van der Waals surface area contributed by atoms with Crippen LogP contribution < -0.4 is 0 Å². The maximum Gasteiger partial charge on any atom is 0.168 e. The largest absolute Gasteiger partial charge is 0.227 e. The molecule has 0 spiro atoms. The Morgan fingerprint density at radius 1 is 0.500 bits per heavy atom. The molecule has 0 amide bonds. The van der Waals surface area contributed by atoms with Gasteiger partial charge in [-0.1, -0.05) is 0 Å². The average molecular weight is 320 g/mol. The first-order valence-electron chi connectivity index (χ1n) is 6.73. The summed E-state index contributed by atoms with van der Waals surface area (Å²) in [4.78, 5) is 0. The van der Waals surface area contributed by atoms with Crippen LogP contribution in [-0.2, 0) is 19.7 Å². The van der Waals surface area contributed by atoms with Crippen LogP contribution in [0.5, 0.6) is 0 Å². The zero-order valence-corrected chi connectivity index (χ0v) is 15.1. The Morgan fingerprint density at radius 2 is 0.650 bits per heavy atom. The van der Waals surface area contributed by atoms with E-state index in [1.165, 1.54) is 0 Å². The number of rotatable bonds is 0. The minimum atomic E-state index is -3.30. The molecule has 2 rings (SSSR count). The molecule has 0 aromatic heterocycles. The highest BCUT2D eigenvalue weighted by Gasteiger charge is 2.72.